The Bertz CT molecular complexity index is 614. The predicted octanol–water partition coefficient (Wildman–Crippen LogP) is 2.34. The van der Waals surface area contributed by atoms with Gasteiger partial charge in [0, 0.05) is 6.07 Å². The maximum atomic E-state index is 12.2. The molecule has 1 atom stereocenters. The Kier molecular flexibility index (Phi) is 4.79. The molecule has 0 saturated carbocycles. The van der Waals surface area contributed by atoms with Crippen LogP contribution in [0.2, 0.25) is 0 Å². The van der Waals surface area contributed by atoms with Gasteiger partial charge in [-0.05, 0) is 17.7 Å². The summed E-state index contributed by atoms with van der Waals surface area (Å²) < 4.78 is 10.4. The molecule has 110 valence electrons. The summed E-state index contributed by atoms with van der Waals surface area (Å²) in [5, 5.41) is 2.77. The standard InChI is InChI=1S/C16H18N2O3/c1-20-12-8-9-14(21-2)13(10-12)18-16(19)15(17)11-6-4-3-5-7-11/h3-10,15H,17H2,1-2H3,(H,18,19). The molecular weight excluding hydrogens is 268 g/mol. The molecule has 0 heterocycles. The van der Waals surface area contributed by atoms with E-state index in [4.69, 9.17) is 15.2 Å². The summed E-state index contributed by atoms with van der Waals surface area (Å²) >= 11 is 0. The van der Waals surface area contributed by atoms with E-state index in [0.29, 0.717) is 17.2 Å². The van der Waals surface area contributed by atoms with E-state index in [1.807, 2.05) is 30.3 Å². The van der Waals surface area contributed by atoms with Gasteiger partial charge < -0.3 is 20.5 Å². The number of rotatable bonds is 5. The smallest absolute Gasteiger partial charge is 0.245 e. The van der Waals surface area contributed by atoms with Crippen LogP contribution >= 0.6 is 0 Å². The molecule has 2 rings (SSSR count). The number of anilines is 1. The van der Waals surface area contributed by atoms with E-state index in [1.54, 1.807) is 25.3 Å². The van der Waals surface area contributed by atoms with Crippen molar-refractivity contribution in [1.29, 1.82) is 0 Å². The second kappa shape index (κ2) is 6.76. The van der Waals surface area contributed by atoms with Gasteiger partial charge in [0.25, 0.3) is 0 Å². The lowest BCUT2D eigenvalue weighted by Gasteiger charge is -2.15. The van der Waals surface area contributed by atoms with Crippen LogP contribution in [-0.2, 0) is 4.79 Å². The zero-order valence-corrected chi connectivity index (χ0v) is 12.0. The zero-order chi connectivity index (χ0) is 15.2. The summed E-state index contributed by atoms with van der Waals surface area (Å²) in [5.41, 5.74) is 7.23. The highest BCUT2D eigenvalue weighted by atomic mass is 16.5. The monoisotopic (exact) mass is 286 g/mol. The molecule has 0 aliphatic carbocycles. The maximum absolute atomic E-state index is 12.2. The van der Waals surface area contributed by atoms with Crippen molar-refractivity contribution in [2.24, 2.45) is 5.73 Å². The second-order valence-electron chi connectivity index (χ2n) is 4.44. The third kappa shape index (κ3) is 3.52. The highest BCUT2D eigenvalue weighted by Gasteiger charge is 2.17. The first-order chi connectivity index (χ1) is 10.2. The molecule has 5 heteroatoms. The fraction of sp³-hybridized carbons (Fsp3) is 0.188. The van der Waals surface area contributed by atoms with E-state index in [1.165, 1.54) is 7.11 Å². The van der Waals surface area contributed by atoms with Gasteiger partial charge in [-0.2, -0.15) is 0 Å². The maximum Gasteiger partial charge on any atom is 0.245 e. The van der Waals surface area contributed by atoms with Gasteiger partial charge in [0.2, 0.25) is 5.91 Å². The van der Waals surface area contributed by atoms with Crippen molar-refractivity contribution in [3.8, 4) is 11.5 Å². The van der Waals surface area contributed by atoms with Crippen LogP contribution in [0.25, 0.3) is 0 Å². The number of carbonyl (C=O) groups excluding carboxylic acids is 1. The van der Waals surface area contributed by atoms with Crippen molar-refractivity contribution in [1.82, 2.24) is 0 Å². The van der Waals surface area contributed by atoms with Gasteiger partial charge in [-0.25, -0.2) is 0 Å². The summed E-state index contributed by atoms with van der Waals surface area (Å²) in [7, 11) is 3.09. The number of ether oxygens (including phenoxy) is 2. The van der Waals surface area contributed by atoms with E-state index >= 15 is 0 Å². The molecule has 0 aliphatic heterocycles. The van der Waals surface area contributed by atoms with Gasteiger partial charge in [-0.3, -0.25) is 4.79 Å². The Balaban J connectivity index is 2.19. The van der Waals surface area contributed by atoms with Crippen molar-refractivity contribution in [2.75, 3.05) is 19.5 Å². The number of nitrogens with two attached hydrogens (primary N) is 1. The molecule has 0 saturated heterocycles. The summed E-state index contributed by atoms with van der Waals surface area (Å²) in [6.07, 6.45) is 0. The third-order valence-corrected chi connectivity index (χ3v) is 3.11. The molecule has 1 amide bonds. The van der Waals surface area contributed by atoms with Gasteiger partial charge in [0.1, 0.15) is 17.5 Å². The average Bonchev–Trinajstić information content (AvgIpc) is 2.54. The lowest BCUT2D eigenvalue weighted by molar-refractivity contribution is -0.117. The number of methoxy groups -OCH3 is 2. The molecule has 0 radical (unpaired) electrons. The average molecular weight is 286 g/mol. The molecule has 0 fully saturated rings. The molecule has 0 aliphatic rings. The quantitative estimate of drug-likeness (QED) is 0.884. The Morgan fingerprint density at radius 1 is 1.10 bits per heavy atom. The summed E-state index contributed by atoms with van der Waals surface area (Å²) in [4.78, 5) is 12.2. The van der Waals surface area contributed by atoms with Gasteiger partial charge >= 0.3 is 0 Å². The van der Waals surface area contributed by atoms with E-state index in [2.05, 4.69) is 5.32 Å². The minimum atomic E-state index is -0.748. The normalized spacial score (nSPS) is 11.6. The van der Waals surface area contributed by atoms with Crippen molar-refractivity contribution >= 4 is 11.6 Å². The lowest BCUT2D eigenvalue weighted by atomic mass is 10.1. The van der Waals surface area contributed by atoms with Crippen molar-refractivity contribution in [3.05, 3.63) is 54.1 Å². The molecule has 0 spiro atoms. The molecule has 5 nitrogen and oxygen atoms in total. The SMILES string of the molecule is COc1ccc(OC)c(NC(=O)C(N)c2ccccc2)c1. The summed E-state index contributed by atoms with van der Waals surface area (Å²) in [6.45, 7) is 0. The number of hydrogen-bond donors (Lipinski definition) is 2. The Labute approximate surface area is 123 Å². The first kappa shape index (κ1) is 14.9. The van der Waals surface area contributed by atoms with Crippen LogP contribution < -0.4 is 20.5 Å². The van der Waals surface area contributed by atoms with Crippen LogP contribution in [0.4, 0.5) is 5.69 Å². The second-order valence-corrected chi connectivity index (χ2v) is 4.44. The molecule has 1 unspecified atom stereocenters. The lowest BCUT2D eigenvalue weighted by Crippen LogP contribution is -2.27. The van der Waals surface area contributed by atoms with E-state index in [9.17, 15) is 4.79 Å². The van der Waals surface area contributed by atoms with E-state index < -0.39 is 6.04 Å². The molecule has 2 aromatic rings. The third-order valence-electron chi connectivity index (χ3n) is 3.11. The molecule has 0 bridgehead atoms. The van der Waals surface area contributed by atoms with E-state index in [-0.39, 0.29) is 5.91 Å². The van der Waals surface area contributed by atoms with Crippen molar-refractivity contribution in [2.45, 2.75) is 6.04 Å². The van der Waals surface area contributed by atoms with Gasteiger partial charge in [-0.15, -0.1) is 0 Å². The molecule has 21 heavy (non-hydrogen) atoms. The molecular formula is C16H18N2O3. The highest BCUT2D eigenvalue weighted by molar-refractivity contribution is 5.96. The summed E-state index contributed by atoms with van der Waals surface area (Å²) in [6, 6.07) is 13.6. The van der Waals surface area contributed by atoms with Crippen LogP contribution in [0, 0.1) is 0 Å². The predicted molar refractivity (Wildman–Crippen MR) is 81.5 cm³/mol. The summed E-state index contributed by atoms with van der Waals surface area (Å²) in [5.74, 6) is 0.858. The molecule has 2 aromatic carbocycles. The largest absolute Gasteiger partial charge is 0.497 e. The fourth-order valence-electron chi connectivity index (χ4n) is 1.93. The molecule has 0 aromatic heterocycles. The van der Waals surface area contributed by atoms with Crippen LogP contribution in [0.1, 0.15) is 11.6 Å². The Morgan fingerprint density at radius 3 is 2.43 bits per heavy atom. The van der Waals surface area contributed by atoms with Gasteiger partial charge in [-0.1, -0.05) is 30.3 Å². The minimum Gasteiger partial charge on any atom is -0.497 e. The first-order valence-corrected chi connectivity index (χ1v) is 6.49. The van der Waals surface area contributed by atoms with Crippen LogP contribution in [0.3, 0.4) is 0 Å². The number of amides is 1. The number of hydrogen-bond acceptors (Lipinski definition) is 4. The van der Waals surface area contributed by atoms with Gasteiger partial charge in [0.05, 0.1) is 19.9 Å². The van der Waals surface area contributed by atoms with Crippen LogP contribution in [0.5, 0.6) is 11.5 Å². The highest BCUT2D eigenvalue weighted by Crippen LogP contribution is 2.29. The van der Waals surface area contributed by atoms with Gasteiger partial charge in [0.15, 0.2) is 0 Å². The number of nitrogens with one attached hydrogen (secondary N) is 1. The zero-order valence-electron chi connectivity index (χ0n) is 12.0. The van der Waals surface area contributed by atoms with Crippen LogP contribution in [-0.4, -0.2) is 20.1 Å². The number of benzene rings is 2. The molecule has 3 N–H and O–H groups in total. The van der Waals surface area contributed by atoms with Crippen molar-refractivity contribution in [3.63, 3.8) is 0 Å². The Morgan fingerprint density at radius 2 is 1.81 bits per heavy atom. The topological polar surface area (TPSA) is 73.6 Å². The Hall–Kier alpha value is -2.53. The van der Waals surface area contributed by atoms with E-state index in [0.717, 1.165) is 5.56 Å². The number of carbonyl (C=O) groups is 1. The fourth-order valence-corrected chi connectivity index (χ4v) is 1.93. The first-order valence-electron chi connectivity index (χ1n) is 6.49. The van der Waals surface area contributed by atoms with Crippen LogP contribution in [0.15, 0.2) is 48.5 Å². The minimum absolute atomic E-state index is 0.312. The van der Waals surface area contributed by atoms with Crippen molar-refractivity contribution < 1.29 is 14.3 Å².